The fourth-order valence-corrected chi connectivity index (χ4v) is 4.66. The molecule has 0 radical (unpaired) electrons. The second-order valence-electron chi connectivity index (χ2n) is 7.35. The third kappa shape index (κ3) is 5.78. The molecule has 1 amide bonds. The summed E-state index contributed by atoms with van der Waals surface area (Å²) in [5.74, 6) is 0.292. The number of amides is 1. The minimum atomic E-state index is -3.56. The van der Waals surface area contributed by atoms with Gasteiger partial charge in [0.2, 0.25) is 10.0 Å². The van der Waals surface area contributed by atoms with Gasteiger partial charge in [0.15, 0.2) is 5.76 Å². The second kappa shape index (κ2) is 10.2. The zero-order valence-corrected chi connectivity index (χ0v) is 18.5. The maximum Gasteiger partial charge on any atom is 0.287 e. The zero-order chi connectivity index (χ0) is 23.3. The molecule has 1 aliphatic heterocycles. The summed E-state index contributed by atoms with van der Waals surface area (Å²) in [6.07, 6.45) is 0. The van der Waals surface area contributed by atoms with Gasteiger partial charge in [0.25, 0.3) is 5.91 Å². The van der Waals surface area contributed by atoms with Gasteiger partial charge in [0.05, 0.1) is 18.1 Å². The van der Waals surface area contributed by atoms with Crippen LogP contribution in [0.5, 0.6) is 5.75 Å². The number of benzene rings is 2. The molecule has 1 saturated heterocycles. The van der Waals surface area contributed by atoms with Crippen LogP contribution in [-0.4, -0.2) is 44.9 Å². The van der Waals surface area contributed by atoms with Crippen LogP contribution in [0.4, 0.5) is 4.39 Å². The van der Waals surface area contributed by atoms with E-state index in [1.165, 1.54) is 46.8 Å². The van der Waals surface area contributed by atoms with E-state index < -0.39 is 15.9 Å². The molecule has 0 aliphatic carbocycles. The van der Waals surface area contributed by atoms with Crippen LogP contribution in [0.15, 0.2) is 70.0 Å². The summed E-state index contributed by atoms with van der Waals surface area (Å²) in [5.41, 5.74) is 0.746. The molecular formula is C23H23FN2O6S. The van der Waals surface area contributed by atoms with Gasteiger partial charge in [0, 0.05) is 19.6 Å². The smallest absolute Gasteiger partial charge is 0.287 e. The molecule has 1 aliphatic rings. The number of carbonyl (C=O) groups excluding carboxylic acids is 1. The van der Waals surface area contributed by atoms with E-state index in [1.807, 2.05) is 0 Å². The SMILES string of the molecule is O=C(NCc1ccc(S(=O)(=O)N2CCOCC2)cc1)c1ccc(COc2ccc(F)cc2)o1. The number of nitrogens with zero attached hydrogens (tertiary/aromatic N) is 1. The van der Waals surface area contributed by atoms with E-state index in [0.717, 1.165) is 5.56 Å². The topological polar surface area (TPSA) is 98.1 Å². The average Bonchev–Trinajstić information content (AvgIpc) is 3.32. The number of hydrogen-bond acceptors (Lipinski definition) is 6. The largest absolute Gasteiger partial charge is 0.486 e. The molecule has 0 bridgehead atoms. The van der Waals surface area contributed by atoms with Crippen LogP contribution in [0.25, 0.3) is 0 Å². The van der Waals surface area contributed by atoms with E-state index in [4.69, 9.17) is 13.9 Å². The standard InChI is InChI=1S/C23H23FN2O6S/c24-18-3-5-19(6-4-18)31-16-20-7-10-22(32-20)23(27)25-15-17-1-8-21(9-2-17)33(28,29)26-11-13-30-14-12-26/h1-10H,11-16H2,(H,25,27). The molecule has 1 N–H and O–H groups in total. The molecule has 3 aromatic rings. The lowest BCUT2D eigenvalue weighted by Gasteiger charge is -2.26. The Bertz CT molecular complexity index is 1190. The highest BCUT2D eigenvalue weighted by atomic mass is 32.2. The van der Waals surface area contributed by atoms with Crippen molar-refractivity contribution in [2.75, 3.05) is 26.3 Å². The number of hydrogen-bond donors (Lipinski definition) is 1. The van der Waals surface area contributed by atoms with Crippen molar-refractivity contribution in [3.05, 3.63) is 83.6 Å². The molecule has 0 saturated carbocycles. The summed E-state index contributed by atoms with van der Waals surface area (Å²) < 4.78 is 55.9. The van der Waals surface area contributed by atoms with Gasteiger partial charge in [-0.05, 0) is 54.1 Å². The second-order valence-corrected chi connectivity index (χ2v) is 9.29. The molecule has 2 heterocycles. The van der Waals surface area contributed by atoms with Gasteiger partial charge in [-0.1, -0.05) is 12.1 Å². The van der Waals surface area contributed by atoms with Crippen LogP contribution < -0.4 is 10.1 Å². The van der Waals surface area contributed by atoms with Crippen molar-refractivity contribution in [1.29, 1.82) is 0 Å². The number of rotatable bonds is 8. The monoisotopic (exact) mass is 474 g/mol. The first-order chi connectivity index (χ1) is 15.9. The van der Waals surface area contributed by atoms with Crippen LogP contribution >= 0.6 is 0 Å². The van der Waals surface area contributed by atoms with Crippen molar-refractivity contribution >= 4 is 15.9 Å². The predicted octanol–water partition coefficient (Wildman–Crippen LogP) is 2.95. The highest BCUT2D eigenvalue weighted by Gasteiger charge is 2.26. The van der Waals surface area contributed by atoms with Crippen LogP contribution in [0, 0.1) is 5.82 Å². The molecule has 1 aromatic heterocycles. The van der Waals surface area contributed by atoms with Gasteiger partial charge in [-0.15, -0.1) is 0 Å². The molecule has 10 heteroatoms. The third-order valence-electron chi connectivity index (χ3n) is 5.06. The maximum atomic E-state index is 12.9. The summed E-state index contributed by atoms with van der Waals surface area (Å²) in [6, 6.07) is 15.2. The highest BCUT2D eigenvalue weighted by molar-refractivity contribution is 7.89. The van der Waals surface area contributed by atoms with Gasteiger partial charge >= 0.3 is 0 Å². The summed E-state index contributed by atoms with van der Waals surface area (Å²) in [6.45, 7) is 1.74. The Kier molecular flexibility index (Phi) is 7.07. The third-order valence-corrected chi connectivity index (χ3v) is 6.98. The molecule has 174 valence electrons. The van der Waals surface area contributed by atoms with Gasteiger partial charge in [-0.25, -0.2) is 12.8 Å². The molecule has 8 nitrogen and oxygen atoms in total. The number of halogens is 1. The summed E-state index contributed by atoms with van der Waals surface area (Å²) in [5, 5.41) is 2.74. The van der Waals surface area contributed by atoms with Crippen LogP contribution in [-0.2, 0) is 27.9 Å². The average molecular weight is 475 g/mol. The Morgan fingerprint density at radius 2 is 1.70 bits per heavy atom. The molecule has 0 unspecified atom stereocenters. The lowest BCUT2D eigenvalue weighted by atomic mass is 10.2. The van der Waals surface area contributed by atoms with Crippen LogP contribution in [0.1, 0.15) is 21.9 Å². The Labute approximate surface area is 191 Å². The zero-order valence-electron chi connectivity index (χ0n) is 17.7. The van der Waals surface area contributed by atoms with E-state index in [0.29, 0.717) is 37.8 Å². The lowest BCUT2D eigenvalue weighted by molar-refractivity contribution is 0.0730. The van der Waals surface area contributed by atoms with E-state index in [1.54, 1.807) is 18.2 Å². The first-order valence-corrected chi connectivity index (χ1v) is 11.8. The summed E-state index contributed by atoms with van der Waals surface area (Å²) in [4.78, 5) is 12.6. The van der Waals surface area contributed by atoms with Crippen molar-refractivity contribution in [3.63, 3.8) is 0 Å². The van der Waals surface area contributed by atoms with Crippen LogP contribution in [0.2, 0.25) is 0 Å². The first kappa shape index (κ1) is 23.0. The van der Waals surface area contributed by atoms with Gasteiger partial charge in [-0.3, -0.25) is 4.79 Å². The van der Waals surface area contributed by atoms with E-state index in [-0.39, 0.29) is 29.6 Å². The fraction of sp³-hybridized carbons (Fsp3) is 0.261. The normalized spacial score (nSPS) is 14.7. The number of carbonyl (C=O) groups is 1. The Morgan fingerprint density at radius 1 is 1.00 bits per heavy atom. The number of nitrogens with one attached hydrogen (secondary N) is 1. The summed E-state index contributed by atoms with van der Waals surface area (Å²) >= 11 is 0. The van der Waals surface area contributed by atoms with E-state index in [9.17, 15) is 17.6 Å². The molecule has 1 fully saturated rings. The van der Waals surface area contributed by atoms with Crippen LogP contribution in [0.3, 0.4) is 0 Å². The van der Waals surface area contributed by atoms with Crippen molar-refractivity contribution < 1.29 is 31.5 Å². The summed E-state index contributed by atoms with van der Waals surface area (Å²) in [7, 11) is -3.56. The molecular weight excluding hydrogens is 451 g/mol. The maximum absolute atomic E-state index is 12.9. The van der Waals surface area contributed by atoms with Crippen molar-refractivity contribution in [3.8, 4) is 5.75 Å². The van der Waals surface area contributed by atoms with Crippen molar-refractivity contribution in [1.82, 2.24) is 9.62 Å². The first-order valence-electron chi connectivity index (χ1n) is 10.3. The molecule has 2 aromatic carbocycles. The van der Waals surface area contributed by atoms with E-state index in [2.05, 4.69) is 5.32 Å². The number of furan rings is 1. The molecule has 4 rings (SSSR count). The number of morpholine rings is 1. The predicted molar refractivity (Wildman–Crippen MR) is 117 cm³/mol. The van der Waals surface area contributed by atoms with Gasteiger partial charge in [-0.2, -0.15) is 4.31 Å². The lowest BCUT2D eigenvalue weighted by Crippen LogP contribution is -2.40. The highest BCUT2D eigenvalue weighted by Crippen LogP contribution is 2.18. The quantitative estimate of drug-likeness (QED) is 0.539. The fourth-order valence-electron chi connectivity index (χ4n) is 3.25. The van der Waals surface area contributed by atoms with Gasteiger partial charge in [0.1, 0.15) is 23.9 Å². The molecule has 33 heavy (non-hydrogen) atoms. The number of ether oxygens (including phenoxy) is 2. The van der Waals surface area contributed by atoms with E-state index >= 15 is 0 Å². The van der Waals surface area contributed by atoms with Crippen molar-refractivity contribution in [2.24, 2.45) is 0 Å². The Balaban J connectivity index is 1.29. The minimum Gasteiger partial charge on any atom is -0.486 e. The Morgan fingerprint density at radius 3 is 2.39 bits per heavy atom. The Hall–Kier alpha value is -3.21. The van der Waals surface area contributed by atoms with Gasteiger partial charge < -0.3 is 19.2 Å². The molecule has 0 atom stereocenters. The molecule has 0 spiro atoms. The minimum absolute atomic E-state index is 0.0952. The van der Waals surface area contributed by atoms with Crippen molar-refractivity contribution in [2.45, 2.75) is 18.0 Å². The number of sulfonamides is 1.